The van der Waals surface area contributed by atoms with Gasteiger partial charge in [0.2, 0.25) is 0 Å². The fourth-order valence-electron chi connectivity index (χ4n) is 1.86. The van der Waals surface area contributed by atoms with E-state index in [1.165, 1.54) is 0 Å². The first-order valence-corrected chi connectivity index (χ1v) is 5.72. The van der Waals surface area contributed by atoms with Crippen molar-refractivity contribution in [2.45, 2.75) is 26.7 Å². The Labute approximate surface area is 101 Å². The standard InChI is InChI=1S/C13H16N4/c1-3-11-9(2)16-12(17-13(11)14)8-10-6-4-5-7-15-10/h4-7H,3,8H2,1-2H3,(H2,14,16,17). The Balaban J connectivity index is 2.29. The highest BCUT2D eigenvalue weighted by atomic mass is 15.0. The molecule has 0 amide bonds. The quantitative estimate of drug-likeness (QED) is 0.871. The molecule has 2 N–H and O–H groups in total. The second-order valence-corrected chi connectivity index (χ2v) is 3.94. The molecule has 0 spiro atoms. The third-order valence-corrected chi connectivity index (χ3v) is 2.71. The summed E-state index contributed by atoms with van der Waals surface area (Å²) in [6.07, 6.45) is 3.25. The summed E-state index contributed by atoms with van der Waals surface area (Å²) in [5.74, 6) is 1.32. The van der Waals surface area contributed by atoms with Gasteiger partial charge < -0.3 is 5.73 Å². The number of hydrogen-bond acceptors (Lipinski definition) is 4. The largest absolute Gasteiger partial charge is 0.383 e. The molecule has 2 aromatic heterocycles. The number of aromatic nitrogens is 3. The summed E-state index contributed by atoms with van der Waals surface area (Å²) in [5, 5.41) is 0. The van der Waals surface area contributed by atoms with Gasteiger partial charge in [-0.05, 0) is 25.5 Å². The minimum Gasteiger partial charge on any atom is -0.383 e. The van der Waals surface area contributed by atoms with Gasteiger partial charge in [0.15, 0.2) is 0 Å². The van der Waals surface area contributed by atoms with Gasteiger partial charge in [-0.2, -0.15) is 0 Å². The second-order valence-electron chi connectivity index (χ2n) is 3.94. The van der Waals surface area contributed by atoms with Crippen molar-refractivity contribution in [3.8, 4) is 0 Å². The zero-order valence-corrected chi connectivity index (χ0v) is 10.1. The monoisotopic (exact) mass is 228 g/mol. The SMILES string of the molecule is CCc1c(C)nc(Cc2ccccn2)nc1N. The Morgan fingerprint density at radius 2 is 2.06 bits per heavy atom. The van der Waals surface area contributed by atoms with E-state index in [0.29, 0.717) is 12.2 Å². The molecule has 0 aromatic carbocycles. The maximum absolute atomic E-state index is 5.91. The fourth-order valence-corrected chi connectivity index (χ4v) is 1.86. The van der Waals surface area contributed by atoms with Crippen LogP contribution in [0.5, 0.6) is 0 Å². The van der Waals surface area contributed by atoms with Gasteiger partial charge in [0.25, 0.3) is 0 Å². The van der Waals surface area contributed by atoms with Gasteiger partial charge in [0.1, 0.15) is 11.6 Å². The fraction of sp³-hybridized carbons (Fsp3) is 0.308. The Bertz CT molecular complexity index is 485. The Morgan fingerprint density at radius 3 is 2.65 bits per heavy atom. The van der Waals surface area contributed by atoms with Crippen molar-refractivity contribution in [3.05, 3.63) is 47.2 Å². The van der Waals surface area contributed by atoms with Gasteiger partial charge in [-0.15, -0.1) is 0 Å². The van der Waals surface area contributed by atoms with Crippen molar-refractivity contribution in [2.24, 2.45) is 0 Å². The molecule has 4 nitrogen and oxygen atoms in total. The number of nitrogens with two attached hydrogens (primary N) is 1. The molecule has 0 radical (unpaired) electrons. The highest BCUT2D eigenvalue weighted by molar-refractivity contribution is 5.42. The second kappa shape index (κ2) is 4.91. The molecular formula is C13H16N4. The number of hydrogen-bond donors (Lipinski definition) is 1. The molecule has 17 heavy (non-hydrogen) atoms. The molecule has 0 atom stereocenters. The molecular weight excluding hydrogens is 212 g/mol. The van der Waals surface area contributed by atoms with Crippen molar-refractivity contribution in [1.82, 2.24) is 15.0 Å². The smallest absolute Gasteiger partial charge is 0.136 e. The molecule has 2 heterocycles. The average Bonchev–Trinajstić information content (AvgIpc) is 2.30. The Morgan fingerprint density at radius 1 is 1.24 bits per heavy atom. The Kier molecular flexibility index (Phi) is 3.32. The summed E-state index contributed by atoms with van der Waals surface area (Å²) in [6, 6.07) is 5.81. The van der Waals surface area contributed by atoms with Gasteiger partial charge in [-0.25, -0.2) is 9.97 Å². The van der Waals surface area contributed by atoms with E-state index in [1.807, 2.05) is 25.1 Å². The van der Waals surface area contributed by atoms with E-state index >= 15 is 0 Å². The van der Waals surface area contributed by atoms with Crippen LogP contribution in [0.3, 0.4) is 0 Å². The van der Waals surface area contributed by atoms with Crippen molar-refractivity contribution in [3.63, 3.8) is 0 Å². The zero-order valence-electron chi connectivity index (χ0n) is 10.1. The van der Waals surface area contributed by atoms with Crippen LogP contribution >= 0.6 is 0 Å². The lowest BCUT2D eigenvalue weighted by molar-refractivity contribution is 0.895. The predicted octanol–water partition coefficient (Wildman–Crippen LogP) is 1.92. The third kappa shape index (κ3) is 2.58. The first kappa shape index (κ1) is 11.5. The summed E-state index contributed by atoms with van der Waals surface area (Å²) in [5.41, 5.74) is 8.87. The summed E-state index contributed by atoms with van der Waals surface area (Å²) in [4.78, 5) is 13.1. The highest BCUT2D eigenvalue weighted by Crippen LogP contribution is 2.14. The van der Waals surface area contributed by atoms with E-state index in [4.69, 9.17) is 5.73 Å². The number of nitrogens with zero attached hydrogens (tertiary/aromatic N) is 3. The van der Waals surface area contributed by atoms with E-state index in [1.54, 1.807) is 6.20 Å². The normalized spacial score (nSPS) is 10.5. The van der Waals surface area contributed by atoms with Crippen LogP contribution < -0.4 is 5.73 Å². The maximum atomic E-state index is 5.91. The lowest BCUT2D eigenvalue weighted by atomic mass is 10.1. The van der Waals surface area contributed by atoms with Crippen LogP contribution in [0, 0.1) is 6.92 Å². The van der Waals surface area contributed by atoms with Gasteiger partial charge in [-0.1, -0.05) is 13.0 Å². The van der Waals surface area contributed by atoms with E-state index in [9.17, 15) is 0 Å². The van der Waals surface area contributed by atoms with Gasteiger partial charge in [0, 0.05) is 23.1 Å². The van der Waals surface area contributed by atoms with Crippen LogP contribution in [0.15, 0.2) is 24.4 Å². The maximum Gasteiger partial charge on any atom is 0.136 e. The molecule has 88 valence electrons. The van der Waals surface area contributed by atoms with Crippen LogP contribution in [0.25, 0.3) is 0 Å². The molecule has 0 aliphatic carbocycles. The van der Waals surface area contributed by atoms with Crippen LogP contribution in [0.2, 0.25) is 0 Å². The number of pyridine rings is 1. The first-order chi connectivity index (χ1) is 8.20. The predicted molar refractivity (Wildman–Crippen MR) is 67.6 cm³/mol. The van der Waals surface area contributed by atoms with Crippen molar-refractivity contribution in [1.29, 1.82) is 0 Å². The minimum absolute atomic E-state index is 0.589. The molecule has 0 saturated heterocycles. The number of aryl methyl sites for hydroxylation is 1. The molecule has 0 bridgehead atoms. The Hall–Kier alpha value is -1.97. The van der Waals surface area contributed by atoms with Crippen LogP contribution in [-0.4, -0.2) is 15.0 Å². The molecule has 2 aromatic rings. The topological polar surface area (TPSA) is 64.7 Å². The molecule has 0 fully saturated rings. The lowest BCUT2D eigenvalue weighted by Gasteiger charge is -2.08. The van der Waals surface area contributed by atoms with Crippen molar-refractivity contribution < 1.29 is 0 Å². The van der Waals surface area contributed by atoms with Gasteiger partial charge in [0.05, 0.1) is 6.42 Å². The van der Waals surface area contributed by atoms with E-state index in [2.05, 4.69) is 21.9 Å². The van der Waals surface area contributed by atoms with Crippen LogP contribution in [0.1, 0.15) is 29.7 Å². The van der Waals surface area contributed by atoms with Crippen molar-refractivity contribution in [2.75, 3.05) is 5.73 Å². The summed E-state index contributed by atoms with van der Waals surface area (Å²) in [6.45, 7) is 4.03. The summed E-state index contributed by atoms with van der Waals surface area (Å²) < 4.78 is 0. The van der Waals surface area contributed by atoms with E-state index in [0.717, 1.165) is 29.2 Å². The van der Waals surface area contributed by atoms with Crippen molar-refractivity contribution >= 4 is 5.82 Å². The molecule has 0 aliphatic rings. The van der Waals surface area contributed by atoms with E-state index < -0.39 is 0 Å². The summed E-state index contributed by atoms with van der Waals surface area (Å²) >= 11 is 0. The molecule has 0 unspecified atom stereocenters. The molecule has 4 heteroatoms. The summed E-state index contributed by atoms with van der Waals surface area (Å²) in [7, 11) is 0. The van der Waals surface area contributed by atoms with Crippen LogP contribution in [0.4, 0.5) is 5.82 Å². The third-order valence-electron chi connectivity index (χ3n) is 2.71. The number of nitrogen functional groups attached to an aromatic ring is 1. The average molecular weight is 228 g/mol. The highest BCUT2D eigenvalue weighted by Gasteiger charge is 2.08. The number of anilines is 1. The lowest BCUT2D eigenvalue weighted by Crippen LogP contribution is -2.07. The number of rotatable bonds is 3. The van der Waals surface area contributed by atoms with Gasteiger partial charge in [-0.3, -0.25) is 4.98 Å². The zero-order chi connectivity index (χ0) is 12.3. The molecule has 0 aliphatic heterocycles. The molecule has 0 saturated carbocycles. The van der Waals surface area contributed by atoms with Crippen LogP contribution in [-0.2, 0) is 12.8 Å². The van der Waals surface area contributed by atoms with Gasteiger partial charge >= 0.3 is 0 Å². The molecule has 2 rings (SSSR count). The van der Waals surface area contributed by atoms with E-state index in [-0.39, 0.29) is 0 Å². The minimum atomic E-state index is 0.589. The first-order valence-electron chi connectivity index (χ1n) is 5.72.